The minimum Gasteiger partial charge on any atom is -0.455 e. The third kappa shape index (κ3) is 3.32. The highest BCUT2D eigenvalue weighted by atomic mass is 16.6. The number of carbonyl (C=O) groups excluding carboxylic acids is 1. The molecule has 3 rings (SSSR count). The van der Waals surface area contributed by atoms with E-state index in [9.17, 15) is 14.9 Å². The van der Waals surface area contributed by atoms with Gasteiger partial charge in [-0.15, -0.1) is 0 Å². The standard InChI is InChI=1S/C14H10N6O4/c21-14(19-9-15-8-17-19)18-16-7-12-5-6-13(24-12)10-1-3-11(4-2-10)20(22)23/h1-9H,(H,18,21). The van der Waals surface area contributed by atoms with E-state index in [0.29, 0.717) is 17.1 Å². The maximum atomic E-state index is 11.6. The van der Waals surface area contributed by atoms with Gasteiger partial charge in [-0.2, -0.15) is 14.9 Å². The average Bonchev–Trinajstić information content (AvgIpc) is 3.27. The van der Waals surface area contributed by atoms with Crippen LogP contribution < -0.4 is 5.43 Å². The molecule has 1 amide bonds. The highest BCUT2D eigenvalue weighted by Gasteiger charge is 2.08. The summed E-state index contributed by atoms with van der Waals surface area (Å²) in [6.07, 6.45) is 3.79. The molecule has 0 aliphatic carbocycles. The predicted octanol–water partition coefficient (Wildman–Crippen LogP) is 2.04. The Balaban J connectivity index is 1.66. The zero-order valence-corrected chi connectivity index (χ0v) is 12.1. The number of non-ortho nitro benzene ring substituents is 1. The van der Waals surface area contributed by atoms with Gasteiger partial charge in [0.05, 0.1) is 11.1 Å². The van der Waals surface area contributed by atoms with Gasteiger partial charge in [-0.25, -0.2) is 15.2 Å². The number of furan rings is 1. The lowest BCUT2D eigenvalue weighted by Crippen LogP contribution is -2.24. The number of nitrogens with zero attached hydrogens (tertiary/aromatic N) is 5. The molecule has 0 spiro atoms. The molecule has 0 fully saturated rings. The molecule has 0 bridgehead atoms. The van der Waals surface area contributed by atoms with E-state index in [2.05, 4.69) is 20.6 Å². The number of carbonyl (C=O) groups is 1. The maximum Gasteiger partial charge on any atom is 0.363 e. The van der Waals surface area contributed by atoms with Crippen LogP contribution in [0.2, 0.25) is 0 Å². The lowest BCUT2D eigenvalue weighted by molar-refractivity contribution is -0.384. The van der Waals surface area contributed by atoms with Crippen LogP contribution in [-0.4, -0.2) is 31.9 Å². The van der Waals surface area contributed by atoms with Crippen molar-refractivity contribution in [2.45, 2.75) is 0 Å². The van der Waals surface area contributed by atoms with E-state index in [0.717, 1.165) is 4.68 Å². The van der Waals surface area contributed by atoms with Crippen LogP contribution in [0, 0.1) is 10.1 Å². The third-order valence-corrected chi connectivity index (χ3v) is 2.97. The van der Waals surface area contributed by atoms with Crippen molar-refractivity contribution in [2.24, 2.45) is 5.10 Å². The number of hydrogen-bond acceptors (Lipinski definition) is 7. The Morgan fingerprint density at radius 2 is 2.08 bits per heavy atom. The Kier molecular flexibility index (Phi) is 4.10. The smallest absolute Gasteiger partial charge is 0.363 e. The molecule has 0 radical (unpaired) electrons. The van der Waals surface area contributed by atoms with Crippen molar-refractivity contribution in [3.05, 3.63) is 64.9 Å². The Labute approximate surface area is 134 Å². The quantitative estimate of drug-likeness (QED) is 0.444. The van der Waals surface area contributed by atoms with E-state index in [4.69, 9.17) is 4.42 Å². The second-order valence-electron chi connectivity index (χ2n) is 4.52. The Hall–Kier alpha value is -3.82. The van der Waals surface area contributed by atoms with Crippen LogP contribution in [0.15, 0.2) is 58.6 Å². The van der Waals surface area contributed by atoms with Crippen molar-refractivity contribution in [1.29, 1.82) is 0 Å². The molecule has 1 aromatic carbocycles. The number of aromatic nitrogens is 3. The van der Waals surface area contributed by atoms with E-state index >= 15 is 0 Å². The summed E-state index contributed by atoms with van der Waals surface area (Å²) < 4.78 is 6.53. The molecule has 0 atom stereocenters. The zero-order chi connectivity index (χ0) is 16.9. The summed E-state index contributed by atoms with van der Waals surface area (Å²) in [6.45, 7) is 0. The number of amides is 1. The number of hydrazone groups is 1. The molecule has 0 saturated heterocycles. The highest BCUT2D eigenvalue weighted by Crippen LogP contribution is 2.23. The summed E-state index contributed by atoms with van der Waals surface area (Å²) >= 11 is 0. The summed E-state index contributed by atoms with van der Waals surface area (Å²) in [4.78, 5) is 25.4. The van der Waals surface area contributed by atoms with Gasteiger partial charge in [0.2, 0.25) is 0 Å². The number of nitro groups is 1. The van der Waals surface area contributed by atoms with Gasteiger partial charge in [0.25, 0.3) is 5.69 Å². The number of hydrogen-bond donors (Lipinski definition) is 1. The largest absolute Gasteiger partial charge is 0.455 e. The Morgan fingerprint density at radius 1 is 1.29 bits per heavy atom. The normalized spacial score (nSPS) is 10.8. The SMILES string of the molecule is O=C(NN=Cc1ccc(-c2ccc([N+](=O)[O-])cc2)o1)n1cncn1. The minimum absolute atomic E-state index is 0.00270. The first-order valence-corrected chi connectivity index (χ1v) is 6.66. The molecule has 10 heteroatoms. The van der Waals surface area contributed by atoms with Gasteiger partial charge < -0.3 is 4.42 Å². The van der Waals surface area contributed by atoms with Crippen LogP contribution in [0.3, 0.4) is 0 Å². The molecular formula is C14H10N6O4. The summed E-state index contributed by atoms with van der Waals surface area (Å²) in [7, 11) is 0. The first kappa shape index (κ1) is 15.1. The lowest BCUT2D eigenvalue weighted by Gasteiger charge is -1.97. The zero-order valence-electron chi connectivity index (χ0n) is 12.1. The first-order valence-electron chi connectivity index (χ1n) is 6.66. The van der Waals surface area contributed by atoms with Gasteiger partial charge in [0, 0.05) is 17.7 Å². The number of rotatable bonds is 4. The lowest BCUT2D eigenvalue weighted by atomic mass is 10.1. The topological polar surface area (TPSA) is 128 Å². The van der Waals surface area contributed by atoms with Crippen LogP contribution in [-0.2, 0) is 0 Å². The Bertz CT molecular complexity index is 882. The third-order valence-electron chi connectivity index (χ3n) is 2.97. The van der Waals surface area contributed by atoms with Gasteiger partial charge in [-0.3, -0.25) is 10.1 Å². The first-order chi connectivity index (χ1) is 11.6. The second kappa shape index (κ2) is 6.52. The number of benzene rings is 1. The van der Waals surface area contributed by atoms with Crippen LogP contribution in [0.25, 0.3) is 11.3 Å². The summed E-state index contributed by atoms with van der Waals surface area (Å²) in [5.74, 6) is 0.927. The number of nitrogens with one attached hydrogen (secondary N) is 1. The van der Waals surface area contributed by atoms with E-state index < -0.39 is 11.0 Å². The van der Waals surface area contributed by atoms with Crippen molar-refractivity contribution < 1.29 is 14.1 Å². The molecular weight excluding hydrogens is 316 g/mol. The van der Waals surface area contributed by atoms with Crippen molar-refractivity contribution in [3.8, 4) is 11.3 Å². The van der Waals surface area contributed by atoms with Crippen LogP contribution in [0.1, 0.15) is 5.76 Å². The highest BCUT2D eigenvalue weighted by molar-refractivity contribution is 5.80. The molecule has 0 saturated carbocycles. The fraction of sp³-hybridized carbons (Fsp3) is 0. The molecule has 0 unspecified atom stereocenters. The van der Waals surface area contributed by atoms with Gasteiger partial charge in [0.15, 0.2) is 0 Å². The minimum atomic E-state index is -0.564. The summed E-state index contributed by atoms with van der Waals surface area (Å²) in [6, 6.07) is 8.75. The summed E-state index contributed by atoms with van der Waals surface area (Å²) in [5, 5.41) is 18.0. The van der Waals surface area contributed by atoms with Crippen LogP contribution in [0.4, 0.5) is 10.5 Å². The van der Waals surface area contributed by atoms with E-state index in [1.54, 1.807) is 24.3 Å². The Morgan fingerprint density at radius 3 is 2.75 bits per heavy atom. The monoisotopic (exact) mass is 326 g/mol. The van der Waals surface area contributed by atoms with Crippen molar-refractivity contribution in [3.63, 3.8) is 0 Å². The van der Waals surface area contributed by atoms with Crippen molar-refractivity contribution in [2.75, 3.05) is 0 Å². The molecule has 0 aliphatic heterocycles. The molecule has 2 heterocycles. The molecule has 1 N–H and O–H groups in total. The average molecular weight is 326 g/mol. The molecule has 24 heavy (non-hydrogen) atoms. The van der Waals surface area contributed by atoms with Gasteiger partial charge in [-0.1, -0.05) is 0 Å². The van der Waals surface area contributed by atoms with Crippen LogP contribution >= 0.6 is 0 Å². The van der Waals surface area contributed by atoms with E-state index in [1.165, 1.54) is 31.0 Å². The molecule has 120 valence electrons. The number of nitro benzene ring substituents is 1. The molecule has 2 aromatic heterocycles. The molecule has 0 aliphatic rings. The van der Waals surface area contributed by atoms with Gasteiger partial charge in [0.1, 0.15) is 24.2 Å². The van der Waals surface area contributed by atoms with Crippen molar-refractivity contribution >= 4 is 17.9 Å². The fourth-order valence-electron chi connectivity index (χ4n) is 1.84. The molecule has 10 nitrogen and oxygen atoms in total. The maximum absolute atomic E-state index is 11.6. The van der Waals surface area contributed by atoms with Gasteiger partial charge >= 0.3 is 6.03 Å². The summed E-state index contributed by atoms with van der Waals surface area (Å²) in [5.41, 5.74) is 2.95. The van der Waals surface area contributed by atoms with Crippen molar-refractivity contribution in [1.82, 2.24) is 20.2 Å². The van der Waals surface area contributed by atoms with E-state index in [1.807, 2.05) is 0 Å². The fourth-order valence-corrected chi connectivity index (χ4v) is 1.84. The second-order valence-corrected chi connectivity index (χ2v) is 4.52. The van der Waals surface area contributed by atoms with Gasteiger partial charge in [-0.05, 0) is 24.3 Å². The molecule has 3 aromatic rings. The predicted molar refractivity (Wildman–Crippen MR) is 82.3 cm³/mol. The van der Waals surface area contributed by atoms with E-state index in [-0.39, 0.29) is 5.69 Å². The van der Waals surface area contributed by atoms with Crippen LogP contribution in [0.5, 0.6) is 0 Å².